The first-order valence-electron chi connectivity index (χ1n) is 22.2. The molecule has 0 aromatic heterocycles. The highest BCUT2D eigenvalue weighted by Crippen LogP contribution is 2.62. The van der Waals surface area contributed by atoms with E-state index in [0.29, 0.717) is 60.8 Å². The zero-order valence-electron chi connectivity index (χ0n) is 36.1. The number of benzene rings is 4. The normalized spacial score (nSPS) is 22.9. The first-order valence-corrected chi connectivity index (χ1v) is 22.2. The number of fused-ring (bicyclic) bond motifs is 3. The Hall–Kier alpha value is -5.82. The maximum atomic E-state index is 15.2. The zero-order chi connectivity index (χ0) is 44.3. The summed E-state index contributed by atoms with van der Waals surface area (Å²) in [4.78, 5) is 34.2. The predicted molar refractivity (Wildman–Crippen MR) is 244 cm³/mol. The quantitative estimate of drug-likeness (QED) is 0.0341. The van der Waals surface area contributed by atoms with Crippen molar-refractivity contribution in [2.24, 2.45) is 22.9 Å². The van der Waals surface area contributed by atoms with Gasteiger partial charge in [0.15, 0.2) is 0 Å². The minimum absolute atomic E-state index is 0.0158. The van der Waals surface area contributed by atoms with Crippen molar-refractivity contribution in [3.05, 3.63) is 149 Å². The summed E-state index contributed by atoms with van der Waals surface area (Å²) < 4.78 is 20.6. The molecule has 3 aliphatic rings. The molecule has 0 radical (unpaired) electrons. The van der Waals surface area contributed by atoms with Crippen molar-refractivity contribution in [1.29, 1.82) is 0 Å². The minimum atomic E-state index is -1.41. The van der Waals surface area contributed by atoms with Gasteiger partial charge in [0.1, 0.15) is 30.8 Å². The van der Waals surface area contributed by atoms with E-state index in [1.54, 1.807) is 24.3 Å². The number of aliphatic hydroxyl groups is 2. The van der Waals surface area contributed by atoms with E-state index in [1.807, 2.05) is 66.4 Å². The van der Waals surface area contributed by atoms with Crippen LogP contribution < -0.4 is 9.47 Å². The number of ether oxygens (including phenoxy) is 3. The molecule has 7 rings (SSSR count). The molecule has 1 amide bonds. The van der Waals surface area contributed by atoms with Crippen molar-refractivity contribution in [3.8, 4) is 11.5 Å². The van der Waals surface area contributed by atoms with Crippen LogP contribution in [-0.2, 0) is 16.2 Å². The Bertz CT molecular complexity index is 2310. The molecule has 1 fully saturated rings. The number of aliphatic hydroxyl groups excluding tert-OH is 2. The van der Waals surface area contributed by atoms with Crippen LogP contribution in [0.4, 0.5) is 5.69 Å². The van der Waals surface area contributed by atoms with Gasteiger partial charge in [-0.15, -0.1) is 6.58 Å². The molecule has 4 aromatic carbocycles. The first kappa shape index (κ1) is 45.2. The maximum absolute atomic E-state index is 15.2. The summed E-state index contributed by atoms with van der Waals surface area (Å²) in [6, 6.07) is 25.2. The molecule has 2 N–H and O–H groups in total. The number of allylic oxidation sites excluding steroid dienone is 1. The topological polar surface area (TPSA) is 153 Å². The molecule has 6 unspecified atom stereocenters. The monoisotopic (exact) mass is 857 g/mol. The Labute approximate surface area is 369 Å². The van der Waals surface area contributed by atoms with Crippen LogP contribution in [0.2, 0.25) is 0 Å². The number of oxime groups is 1. The zero-order valence-corrected chi connectivity index (χ0v) is 36.1. The van der Waals surface area contributed by atoms with E-state index in [-0.39, 0.29) is 62.2 Å². The van der Waals surface area contributed by atoms with Crippen LogP contribution in [0.5, 0.6) is 11.5 Å². The van der Waals surface area contributed by atoms with E-state index in [1.165, 1.54) is 12.1 Å². The average molecular weight is 858 g/mol. The Morgan fingerprint density at radius 1 is 0.952 bits per heavy atom. The second-order valence-electron chi connectivity index (χ2n) is 16.6. The molecule has 1 aliphatic heterocycles. The van der Waals surface area contributed by atoms with Crippen molar-refractivity contribution in [1.82, 2.24) is 4.90 Å². The number of non-ortho nitro benzene ring substituents is 1. The lowest BCUT2D eigenvalue weighted by molar-refractivity contribution is -0.384. The van der Waals surface area contributed by atoms with Gasteiger partial charge in [-0.3, -0.25) is 14.9 Å². The number of amides is 1. The number of nitro groups is 1. The molecule has 332 valence electrons. The van der Waals surface area contributed by atoms with Gasteiger partial charge in [0.25, 0.3) is 11.6 Å². The fourth-order valence-corrected chi connectivity index (χ4v) is 9.92. The molecule has 63 heavy (non-hydrogen) atoms. The summed E-state index contributed by atoms with van der Waals surface area (Å²) in [6.07, 6.45) is 11.1. The molecule has 2 aliphatic carbocycles. The molecular weight excluding hydrogens is 799 g/mol. The summed E-state index contributed by atoms with van der Waals surface area (Å²) in [6.45, 7) is 11.0. The number of carbonyl (C=O) groups excluding carboxylic acids is 1. The van der Waals surface area contributed by atoms with Crippen LogP contribution in [0.25, 0.3) is 10.8 Å². The number of hydrogen-bond donors (Lipinski definition) is 2. The van der Waals surface area contributed by atoms with Crippen molar-refractivity contribution in [2.75, 3.05) is 33.0 Å². The Kier molecular flexibility index (Phi) is 15.1. The second kappa shape index (κ2) is 21.0. The van der Waals surface area contributed by atoms with Gasteiger partial charge >= 0.3 is 0 Å². The van der Waals surface area contributed by atoms with E-state index in [9.17, 15) is 20.3 Å². The van der Waals surface area contributed by atoms with Gasteiger partial charge in [0.05, 0.1) is 23.2 Å². The van der Waals surface area contributed by atoms with Crippen LogP contribution in [0.15, 0.2) is 127 Å². The third-order valence-corrected chi connectivity index (χ3v) is 12.7. The molecule has 12 heteroatoms. The van der Waals surface area contributed by atoms with Gasteiger partial charge < -0.3 is 34.2 Å². The van der Waals surface area contributed by atoms with Gasteiger partial charge in [-0.1, -0.05) is 80.1 Å². The van der Waals surface area contributed by atoms with Gasteiger partial charge in [0, 0.05) is 55.4 Å². The number of nitro benzene ring substituents is 1. The standard InChI is InChI=1S/C51H59N3O9/c1-4-25-53(50(57)39-20-19-36-13-7-8-14-37(36)30-39)47-33-45(52-62-34-35-17-21-40(22-18-35)54(58)59)43-31-38(15-9-11-26-55)42(16-10-12-27-56)48-44-32-41(60-28-5-2)23-24-46(44)63-51(47,49(43)48)61-29-6-3/h5-8,13-14,17-24,30-32,38,42,47-49,55-56H,2-4,9-12,15-16,25-29,33-34H2,1H3. The van der Waals surface area contributed by atoms with E-state index in [0.717, 1.165) is 47.6 Å². The van der Waals surface area contributed by atoms with Crippen molar-refractivity contribution < 1.29 is 39.0 Å². The molecular formula is C51H59N3O9. The number of carbonyl (C=O) groups is 1. The number of hydrogen-bond acceptors (Lipinski definition) is 10. The van der Waals surface area contributed by atoms with Crippen LogP contribution in [0.1, 0.15) is 85.7 Å². The molecule has 1 saturated carbocycles. The highest BCUT2D eigenvalue weighted by Gasteiger charge is 2.65. The van der Waals surface area contributed by atoms with Crippen LogP contribution in [-0.4, -0.2) is 76.5 Å². The van der Waals surface area contributed by atoms with E-state index in [4.69, 9.17) is 24.2 Å². The molecule has 0 saturated heterocycles. The van der Waals surface area contributed by atoms with E-state index in [2.05, 4.69) is 25.3 Å². The SMILES string of the molecule is C=CCOc1ccc2c(c1)C1C(CCCCO)C(CCCCO)C=C3C(=NOCc4ccc([N+](=O)[O-])cc4)CC(N(CCC)C(=O)c4ccc5ccccc5c4)C(OCC=C)(O2)C31. The molecule has 12 nitrogen and oxygen atoms in total. The first-order chi connectivity index (χ1) is 30.8. The molecule has 6 atom stereocenters. The van der Waals surface area contributed by atoms with Crippen molar-refractivity contribution in [2.45, 2.75) is 82.6 Å². The largest absolute Gasteiger partial charge is 0.490 e. The third-order valence-electron chi connectivity index (χ3n) is 12.7. The van der Waals surface area contributed by atoms with Crippen molar-refractivity contribution >= 4 is 28.1 Å². The summed E-state index contributed by atoms with van der Waals surface area (Å²) in [5.41, 5.74) is 3.77. The summed E-state index contributed by atoms with van der Waals surface area (Å²) in [5, 5.41) is 38.1. The van der Waals surface area contributed by atoms with Gasteiger partial charge in [-0.05, 0) is 108 Å². The summed E-state index contributed by atoms with van der Waals surface area (Å²) in [7, 11) is 0. The van der Waals surface area contributed by atoms with Gasteiger partial charge in [0.2, 0.25) is 5.79 Å². The highest BCUT2D eigenvalue weighted by atomic mass is 16.7. The van der Waals surface area contributed by atoms with Gasteiger partial charge in [-0.2, -0.15) is 0 Å². The molecule has 4 aromatic rings. The number of unbranched alkanes of at least 4 members (excludes halogenated alkanes) is 2. The van der Waals surface area contributed by atoms with Gasteiger partial charge in [-0.25, -0.2) is 0 Å². The Balaban J connectivity index is 1.43. The Morgan fingerprint density at radius 3 is 2.41 bits per heavy atom. The fraction of sp³-hybridized carbons (Fsp3) is 0.412. The third kappa shape index (κ3) is 9.73. The lowest BCUT2D eigenvalue weighted by Gasteiger charge is -2.60. The van der Waals surface area contributed by atoms with Crippen LogP contribution in [0.3, 0.4) is 0 Å². The molecule has 1 heterocycles. The Morgan fingerprint density at radius 2 is 1.70 bits per heavy atom. The minimum Gasteiger partial charge on any atom is -0.490 e. The highest BCUT2D eigenvalue weighted by molar-refractivity contribution is 6.04. The van der Waals surface area contributed by atoms with Crippen molar-refractivity contribution in [3.63, 3.8) is 0 Å². The lowest BCUT2D eigenvalue weighted by Crippen LogP contribution is -2.70. The maximum Gasteiger partial charge on any atom is 0.269 e. The van der Waals surface area contributed by atoms with Crippen LogP contribution in [0, 0.1) is 27.9 Å². The molecule has 0 spiro atoms. The number of nitrogens with zero attached hydrogens (tertiary/aromatic N) is 3. The lowest BCUT2D eigenvalue weighted by atomic mass is 9.55. The van der Waals surface area contributed by atoms with Crippen LogP contribution >= 0.6 is 0 Å². The summed E-state index contributed by atoms with van der Waals surface area (Å²) in [5.74, 6) is -0.869. The average Bonchev–Trinajstić information content (AvgIpc) is 3.30. The van der Waals surface area contributed by atoms with E-state index < -0.39 is 22.7 Å². The second-order valence-corrected chi connectivity index (χ2v) is 16.6. The molecule has 0 bridgehead atoms. The smallest absolute Gasteiger partial charge is 0.269 e. The summed E-state index contributed by atoms with van der Waals surface area (Å²) >= 11 is 0. The van der Waals surface area contributed by atoms with E-state index >= 15 is 4.79 Å². The predicted octanol–water partition coefficient (Wildman–Crippen LogP) is 9.70. The number of rotatable bonds is 22. The fourth-order valence-electron chi connectivity index (χ4n) is 9.92.